The molecule has 0 radical (unpaired) electrons. The summed E-state index contributed by atoms with van der Waals surface area (Å²) < 4.78 is 43.0. The van der Waals surface area contributed by atoms with Gasteiger partial charge in [-0.3, -0.25) is 14.9 Å². The van der Waals surface area contributed by atoms with E-state index < -0.39 is 23.3 Å². The van der Waals surface area contributed by atoms with Gasteiger partial charge in [-0.25, -0.2) is 4.39 Å². The minimum absolute atomic E-state index is 0.00739. The first-order valence-electron chi connectivity index (χ1n) is 8.39. The minimum atomic E-state index is -3.06. The summed E-state index contributed by atoms with van der Waals surface area (Å²) in [6.45, 7) is -2.22. The molecule has 2 aromatic carbocycles. The summed E-state index contributed by atoms with van der Waals surface area (Å²) in [7, 11) is 0. The monoisotopic (exact) mass is 395 g/mol. The van der Waals surface area contributed by atoms with Crippen molar-refractivity contribution in [3.05, 3.63) is 64.0 Å². The number of rotatable bonds is 5. The molecule has 1 amide bonds. The Hall–Kier alpha value is -3.30. The lowest BCUT2D eigenvalue weighted by atomic mass is 10.1. The molecule has 0 saturated carbocycles. The van der Waals surface area contributed by atoms with E-state index in [4.69, 9.17) is 0 Å². The number of hydrogen-bond donors (Lipinski definition) is 0. The Morgan fingerprint density at radius 1 is 1.11 bits per heavy atom. The first kappa shape index (κ1) is 19.5. The first-order chi connectivity index (χ1) is 13.4. The minimum Gasteiger partial charge on any atom is -0.434 e. The third-order valence-corrected chi connectivity index (χ3v) is 4.38. The normalized spacial score (nSPS) is 14.3. The number of piperazine rings is 1. The fourth-order valence-electron chi connectivity index (χ4n) is 3.07. The lowest BCUT2D eigenvalue weighted by molar-refractivity contribution is -0.384. The quantitative estimate of drug-likeness (QED) is 0.574. The van der Waals surface area contributed by atoms with Crippen LogP contribution in [0.3, 0.4) is 0 Å². The van der Waals surface area contributed by atoms with Crippen LogP contribution in [0.4, 0.5) is 24.5 Å². The Bertz CT molecular complexity index is 886. The Morgan fingerprint density at radius 2 is 1.79 bits per heavy atom. The molecule has 0 aliphatic carbocycles. The molecule has 0 spiro atoms. The Balaban J connectivity index is 1.74. The summed E-state index contributed by atoms with van der Waals surface area (Å²) in [5.41, 5.74) is -0.0802. The number of nitro benzene ring substituents is 1. The number of benzene rings is 2. The van der Waals surface area contributed by atoms with Crippen LogP contribution >= 0.6 is 0 Å². The van der Waals surface area contributed by atoms with Crippen LogP contribution in [0, 0.1) is 15.9 Å². The average Bonchev–Trinajstić information content (AvgIpc) is 2.67. The van der Waals surface area contributed by atoms with Crippen LogP contribution in [0.2, 0.25) is 0 Å². The van der Waals surface area contributed by atoms with E-state index in [1.807, 2.05) is 0 Å². The largest absolute Gasteiger partial charge is 0.434 e. The van der Waals surface area contributed by atoms with Gasteiger partial charge >= 0.3 is 6.61 Å². The van der Waals surface area contributed by atoms with E-state index in [0.717, 1.165) is 18.2 Å². The zero-order valence-electron chi connectivity index (χ0n) is 14.6. The van der Waals surface area contributed by atoms with Gasteiger partial charge in [-0.05, 0) is 18.2 Å². The number of halogens is 3. The van der Waals surface area contributed by atoms with Gasteiger partial charge in [0.2, 0.25) is 0 Å². The van der Waals surface area contributed by atoms with Crippen molar-refractivity contribution in [1.29, 1.82) is 0 Å². The van der Waals surface area contributed by atoms with Crippen molar-refractivity contribution in [2.24, 2.45) is 0 Å². The molecular weight excluding hydrogens is 379 g/mol. The predicted molar refractivity (Wildman–Crippen MR) is 94.2 cm³/mol. The molecule has 28 heavy (non-hydrogen) atoms. The maximum Gasteiger partial charge on any atom is 0.387 e. The zero-order valence-corrected chi connectivity index (χ0v) is 14.6. The van der Waals surface area contributed by atoms with Gasteiger partial charge in [0.15, 0.2) is 0 Å². The highest BCUT2D eigenvalue weighted by Crippen LogP contribution is 2.30. The SMILES string of the molecule is O=C(c1ccccc1OC(F)F)N1CCN(c2cc(F)ccc2[N+](=O)[O-])CC1. The van der Waals surface area contributed by atoms with E-state index in [0.29, 0.717) is 0 Å². The van der Waals surface area contributed by atoms with E-state index in [1.165, 1.54) is 29.2 Å². The standard InChI is InChI=1S/C18H16F3N3O4/c19-12-5-6-14(24(26)27)15(11-12)22-7-9-23(10-8-22)17(25)13-3-1-2-4-16(13)28-18(20)21/h1-6,11,18H,7-10H2. The van der Waals surface area contributed by atoms with Gasteiger partial charge in [-0.15, -0.1) is 0 Å². The highest BCUT2D eigenvalue weighted by Gasteiger charge is 2.28. The van der Waals surface area contributed by atoms with Crippen LogP contribution < -0.4 is 9.64 Å². The number of anilines is 1. The Labute approximate surface area is 158 Å². The van der Waals surface area contributed by atoms with Gasteiger partial charge in [0, 0.05) is 38.3 Å². The van der Waals surface area contributed by atoms with Crippen LogP contribution in [0.5, 0.6) is 5.75 Å². The van der Waals surface area contributed by atoms with Crippen molar-refractivity contribution < 1.29 is 27.6 Å². The lowest BCUT2D eigenvalue weighted by Gasteiger charge is -2.36. The summed E-state index contributed by atoms with van der Waals surface area (Å²) in [5, 5.41) is 11.2. The highest BCUT2D eigenvalue weighted by atomic mass is 19.3. The third-order valence-electron chi connectivity index (χ3n) is 4.38. The molecule has 0 atom stereocenters. The van der Waals surface area contributed by atoms with Crippen molar-refractivity contribution in [3.8, 4) is 5.75 Å². The molecule has 1 aliphatic rings. The molecule has 0 bridgehead atoms. The van der Waals surface area contributed by atoms with Crippen LogP contribution in [-0.2, 0) is 0 Å². The van der Waals surface area contributed by atoms with Crippen LogP contribution in [-0.4, -0.2) is 48.5 Å². The van der Waals surface area contributed by atoms with E-state index >= 15 is 0 Å². The summed E-state index contributed by atoms with van der Waals surface area (Å²) in [4.78, 5) is 26.3. The molecule has 3 rings (SSSR count). The second-order valence-corrected chi connectivity index (χ2v) is 6.04. The molecule has 0 unspecified atom stereocenters. The molecular formula is C18H16F3N3O4. The number of carbonyl (C=O) groups is 1. The third kappa shape index (κ3) is 4.16. The number of hydrogen-bond acceptors (Lipinski definition) is 5. The number of amides is 1. The molecule has 2 aromatic rings. The molecule has 10 heteroatoms. The van der Waals surface area contributed by atoms with Crippen LogP contribution in [0.25, 0.3) is 0 Å². The Morgan fingerprint density at radius 3 is 2.43 bits per heavy atom. The molecule has 0 N–H and O–H groups in total. The first-order valence-corrected chi connectivity index (χ1v) is 8.39. The van der Waals surface area contributed by atoms with Gasteiger partial charge in [-0.2, -0.15) is 8.78 Å². The zero-order chi connectivity index (χ0) is 20.3. The summed E-state index contributed by atoms with van der Waals surface area (Å²) in [6.07, 6.45) is 0. The summed E-state index contributed by atoms with van der Waals surface area (Å²) in [5.74, 6) is -1.30. The topological polar surface area (TPSA) is 75.9 Å². The highest BCUT2D eigenvalue weighted by molar-refractivity contribution is 5.97. The number of nitrogens with zero attached hydrogens (tertiary/aromatic N) is 3. The molecule has 0 aromatic heterocycles. The van der Waals surface area contributed by atoms with Gasteiger partial charge in [-0.1, -0.05) is 12.1 Å². The van der Waals surface area contributed by atoms with Crippen LogP contribution in [0.1, 0.15) is 10.4 Å². The second-order valence-electron chi connectivity index (χ2n) is 6.04. The molecule has 7 nitrogen and oxygen atoms in total. The van der Waals surface area contributed by atoms with Gasteiger partial charge in [0.1, 0.15) is 17.3 Å². The molecule has 1 fully saturated rings. The summed E-state index contributed by atoms with van der Waals surface area (Å²) >= 11 is 0. The smallest absolute Gasteiger partial charge is 0.387 e. The van der Waals surface area contributed by atoms with Gasteiger partial charge in [0.25, 0.3) is 11.6 Å². The number of nitro groups is 1. The number of carbonyl (C=O) groups excluding carboxylic acids is 1. The maximum absolute atomic E-state index is 13.6. The van der Waals surface area contributed by atoms with Crippen molar-refractivity contribution in [1.82, 2.24) is 4.90 Å². The molecule has 148 valence electrons. The predicted octanol–water partition coefficient (Wildman–Crippen LogP) is 3.30. The number of alkyl halides is 2. The molecule has 1 heterocycles. The van der Waals surface area contributed by atoms with Crippen molar-refractivity contribution >= 4 is 17.3 Å². The van der Waals surface area contributed by atoms with E-state index in [9.17, 15) is 28.1 Å². The Kier molecular flexibility index (Phi) is 5.67. The number of para-hydroxylation sites is 1. The van der Waals surface area contributed by atoms with E-state index in [-0.39, 0.29) is 48.9 Å². The van der Waals surface area contributed by atoms with Crippen LogP contribution in [0.15, 0.2) is 42.5 Å². The summed E-state index contributed by atoms with van der Waals surface area (Å²) in [6, 6.07) is 8.89. The van der Waals surface area contributed by atoms with E-state index in [2.05, 4.69) is 4.74 Å². The number of ether oxygens (including phenoxy) is 1. The second kappa shape index (κ2) is 8.15. The van der Waals surface area contributed by atoms with Gasteiger partial charge in [0.05, 0.1) is 10.5 Å². The maximum atomic E-state index is 13.6. The lowest BCUT2D eigenvalue weighted by Crippen LogP contribution is -2.49. The van der Waals surface area contributed by atoms with Crippen molar-refractivity contribution in [3.63, 3.8) is 0 Å². The molecule has 1 saturated heterocycles. The average molecular weight is 395 g/mol. The van der Waals surface area contributed by atoms with E-state index in [1.54, 1.807) is 4.90 Å². The van der Waals surface area contributed by atoms with Gasteiger partial charge < -0.3 is 14.5 Å². The molecule has 1 aliphatic heterocycles. The fraction of sp³-hybridized carbons (Fsp3) is 0.278. The van der Waals surface area contributed by atoms with Crippen molar-refractivity contribution in [2.45, 2.75) is 6.61 Å². The van der Waals surface area contributed by atoms with Crippen molar-refractivity contribution in [2.75, 3.05) is 31.1 Å². The fourth-order valence-corrected chi connectivity index (χ4v) is 3.07.